The molecule has 0 saturated heterocycles. The molecule has 0 aliphatic heterocycles. The zero-order valence-corrected chi connectivity index (χ0v) is 16.2. The number of benzene rings is 2. The molecule has 1 amide bonds. The molecule has 0 radical (unpaired) electrons. The minimum Gasteiger partial charge on any atom is -0.378 e. The van der Waals surface area contributed by atoms with Crippen LogP contribution in [0.15, 0.2) is 60.8 Å². The molecule has 0 aliphatic carbocycles. The topological polar surface area (TPSA) is 57.3 Å². The molecular weight excluding hydrogens is 360 g/mol. The van der Waals surface area contributed by atoms with Crippen molar-refractivity contribution in [3.63, 3.8) is 0 Å². The lowest BCUT2D eigenvalue weighted by Gasteiger charge is -2.13. The standard InChI is InChI=1S/C21H21ClN4O/c1-14-4-5-16(12-19(14)22)24-17-10-11-23-20(13-17)21(27)25-15-6-8-18(9-7-15)26(2)3/h4-13H,1-3H3,(H,23,24)(H,25,27). The Morgan fingerprint density at radius 2 is 1.63 bits per heavy atom. The molecule has 2 aromatic carbocycles. The van der Waals surface area contributed by atoms with Crippen LogP contribution in [-0.4, -0.2) is 25.0 Å². The zero-order valence-electron chi connectivity index (χ0n) is 15.5. The van der Waals surface area contributed by atoms with Gasteiger partial charge < -0.3 is 15.5 Å². The summed E-state index contributed by atoms with van der Waals surface area (Å²) in [4.78, 5) is 18.7. The molecule has 2 N–H and O–H groups in total. The Hall–Kier alpha value is -3.05. The number of pyridine rings is 1. The Morgan fingerprint density at radius 1 is 0.963 bits per heavy atom. The van der Waals surface area contributed by atoms with Crippen LogP contribution in [0, 0.1) is 6.92 Å². The second-order valence-corrected chi connectivity index (χ2v) is 6.82. The minimum absolute atomic E-state index is 0.266. The Morgan fingerprint density at radius 3 is 2.30 bits per heavy atom. The highest BCUT2D eigenvalue weighted by atomic mass is 35.5. The molecular formula is C21H21ClN4O. The fourth-order valence-corrected chi connectivity index (χ4v) is 2.69. The van der Waals surface area contributed by atoms with E-state index in [1.54, 1.807) is 18.3 Å². The van der Waals surface area contributed by atoms with E-state index < -0.39 is 0 Å². The highest BCUT2D eigenvalue weighted by Crippen LogP contribution is 2.23. The number of aromatic nitrogens is 1. The second kappa shape index (κ2) is 8.10. The van der Waals surface area contributed by atoms with E-state index in [1.807, 2.05) is 68.4 Å². The molecule has 138 valence electrons. The number of hydrogen-bond donors (Lipinski definition) is 2. The van der Waals surface area contributed by atoms with Gasteiger partial charge >= 0.3 is 0 Å². The number of nitrogens with one attached hydrogen (secondary N) is 2. The Labute approximate surface area is 164 Å². The second-order valence-electron chi connectivity index (χ2n) is 6.41. The average molecular weight is 381 g/mol. The van der Waals surface area contributed by atoms with Crippen molar-refractivity contribution in [2.24, 2.45) is 0 Å². The third kappa shape index (κ3) is 4.77. The number of carbonyl (C=O) groups is 1. The number of hydrogen-bond acceptors (Lipinski definition) is 4. The molecule has 0 spiro atoms. The Kier molecular flexibility index (Phi) is 5.62. The normalized spacial score (nSPS) is 10.4. The summed E-state index contributed by atoms with van der Waals surface area (Å²) in [5, 5.41) is 6.79. The number of anilines is 4. The summed E-state index contributed by atoms with van der Waals surface area (Å²) in [5.74, 6) is -0.266. The van der Waals surface area contributed by atoms with E-state index in [4.69, 9.17) is 11.6 Å². The zero-order chi connectivity index (χ0) is 19.4. The van der Waals surface area contributed by atoms with E-state index in [9.17, 15) is 4.79 Å². The van der Waals surface area contributed by atoms with E-state index >= 15 is 0 Å². The SMILES string of the molecule is Cc1ccc(Nc2ccnc(C(=O)Nc3ccc(N(C)C)cc3)c2)cc1Cl. The van der Waals surface area contributed by atoms with E-state index in [-0.39, 0.29) is 5.91 Å². The van der Waals surface area contributed by atoms with Crippen molar-refractivity contribution in [1.82, 2.24) is 4.98 Å². The number of halogens is 1. The number of amides is 1. The van der Waals surface area contributed by atoms with Gasteiger partial charge in [0.1, 0.15) is 5.69 Å². The molecule has 27 heavy (non-hydrogen) atoms. The van der Waals surface area contributed by atoms with Crippen molar-refractivity contribution in [2.75, 3.05) is 29.6 Å². The van der Waals surface area contributed by atoms with Gasteiger partial charge in [-0.25, -0.2) is 0 Å². The number of carbonyl (C=O) groups excluding carboxylic acids is 1. The first-order valence-corrected chi connectivity index (χ1v) is 8.88. The van der Waals surface area contributed by atoms with Gasteiger partial charge in [-0.3, -0.25) is 9.78 Å². The number of rotatable bonds is 5. The molecule has 0 atom stereocenters. The van der Waals surface area contributed by atoms with Gasteiger partial charge in [-0.05, 0) is 61.0 Å². The third-order valence-electron chi connectivity index (χ3n) is 4.09. The van der Waals surface area contributed by atoms with Crippen molar-refractivity contribution in [3.05, 3.63) is 77.1 Å². The molecule has 1 aromatic heterocycles. The van der Waals surface area contributed by atoms with Crippen LogP contribution in [0.1, 0.15) is 16.1 Å². The quantitative estimate of drug-likeness (QED) is 0.646. The highest BCUT2D eigenvalue weighted by Gasteiger charge is 2.09. The van der Waals surface area contributed by atoms with Crippen LogP contribution in [-0.2, 0) is 0 Å². The first kappa shape index (κ1) is 18.7. The summed E-state index contributed by atoms with van der Waals surface area (Å²) in [6, 6.07) is 16.9. The van der Waals surface area contributed by atoms with Gasteiger partial charge in [-0.1, -0.05) is 17.7 Å². The van der Waals surface area contributed by atoms with Crippen LogP contribution in [0.2, 0.25) is 5.02 Å². The summed E-state index contributed by atoms with van der Waals surface area (Å²) in [6.45, 7) is 1.95. The monoisotopic (exact) mass is 380 g/mol. The lowest BCUT2D eigenvalue weighted by molar-refractivity contribution is 0.102. The summed E-state index contributed by atoms with van der Waals surface area (Å²) >= 11 is 6.16. The molecule has 0 fully saturated rings. The van der Waals surface area contributed by atoms with E-state index in [0.29, 0.717) is 10.7 Å². The molecule has 1 heterocycles. The molecule has 3 aromatic rings. The lowest BCUT2D eigenvalue weighted by Crippen LogP contribution is -2.14. The molecule has 0 unspecified atom stereocenters. The van der Waals surface area contributed by atoms with Crippen LogP contribution < -0.4 is 15.5 Å². The average Bonchev–Trinajstić information content (AvgIpc) is 2.65. The molecule has 0 aliphatic rings. The van der Waals surface area contributed by atoms with Gasteiger partial charge in [0.15, 0.2) is 0 Å². The fourth-order valence-electron chi connectivity index (χ4n) is 2.51. The summed E-state index contributed by atoms with van der Waals surface area (Å²) in [5.41, 5.74) is 4.73. The van der Waals surface area contributed by atoms with Crippen molar-refractivity contribution >= 4 is 40.3 Å². The van der Waals surface area contributed by atoms with Crippen LogP contribution >= 0.6 is 11.6 Å². The van der Waals surface area contributed by atoms with E-state index in [0.717, 1.165) is 28.3 Å². The van der Waals surface area contributed by atoms with Crippen molar-refractivity contribution in [2.45, 2.75) is 6.92 Å². The fraction of sp³-hybridized carbons (Fsp3) is 0.143. The molecule has 0 bridgehead atoms. The Balaban J connectivity index is 1.72. The lowest BCUT2D eigenvalue weighted by atomic mass is 10.2. The number of nitrogens with zero attached hydrogens (tertiary/aromatic N) is 2. The third-order valence-corrected chi connectivity index (χ3v) is 4.50. The molecule has 3 rings (SSSR count). The summed E-state index contributed by atoms with van der Waals surface area (Å²) in [7, 11) is 3.94. The largest absolute Gasteiger partial charge is 0.378 e. The summed E-state index contributed by atoms with van der Waals surface area (Å²) < 4.78 is 0. The van der Waals surface area contributed by atoms with Gasteiger partial charge in [0.25, 0.3) is 5.91 Å². The maximum atomic E-state index is 12.5. The van der Waals surface area contributed by atoms with Crippen LogP contribution in [0.4, 0.5) is 22.7 Å². The van der Waals surface area contributed by atoms with Gasteiger partial charge in [0, 0.05) is 48.1 Å². The smallest absolute Gasteiger partial charge is 0.274 e. The molecule has 5 nitrogen and oxygen atoms in total. The van der Waals surface area contributed by atoms with Crippen LogP contribution in [0.25, 0.3) is 0 Å². The maximum Gasteiger partial charge on any atom is 0.274 e. The first-order chi connectivity index (χ1) is 12.9. The van der Waals surface area contributed by atoms with Crippen molar-refractivity contribution in [1.29, 1.82) is 0 Å². The van der Waals surface area contributed by atoms with Crippen LogP contribution in [0.3, 0.4) is 0 Å². The predicted octanol–water partition coefficient (Wildman–Crippen LogP) is 5.11. The van der Waals surface area contributed by atoms with Crippen molar-refractivity contribution < 1.29 is 4.79 Å². The van der Waals surface area contributed by atoms with E-state index in [2.05, 4.69) is 15.6 Å². The Bertz CT molecular complexity index is 955. The van der Waals surface area contributed by atoms with E-state index in [1.165, 1.54) is 0 Å². The number of aryl methyl sites for hydroxylation is 1. The predicted molar refractivity (Wildman–Crippen MR) is 112 cm³/mol. The summed E-state index contributed by atoms with van der Waals surface area (Å²) in [6.07, 6.45) is 1.60. The first-order valence-electron chi connectivity index (χ1n) is 8.50. The van der Waals surface area contributed by atoms with Gasteiger partial charge in [-0.2, -0.15) is 0 Å². The minimum atomic E-state index is -0.266. The van der Waals surface area contributed by atoms with Crippen molar-refractivity contribution in [3.8, 4) is 0 Å². The highest BCUT2D eigenvalue weighted by molar-refractivity contribution is 6.31. The molecule has 6 heteroatoms. The van der Waals surface area contributed by atoms with Gasteiger partial charge in [-0.15, -0.1) is 0 Å². The molecule has 0 saturated carbocycles. The van der Waals surface area contributed by atoms with Crippen LogP contribution in [0.5, 0.6) is 0 Å². The maximum absolute atomic E-state index is 12.5. The van der Waals surface area contributed by atoms with Gasteiger partial charge in [0.05, 0.1) is 0 Å². The van der Waals surface area contributed by atoms with Gasteiger partial charge in [0.2, 0.25) is 0 Å².